The molecule has 1 aromatic rings. The van der Waals surface area contributed by atoms with Crippen LogP contribution in [-0.2, 0) is 5.41 Å². The van der Waals surface area contributed by atoms with Crippen LogP contribution < -0.4 is 4.74 Å². The number of rotatable bonds is 3. The van der Waals surface area contributed by atoms with E-state index < -0.39 is 10.3 Å². The number of nitrogens with zero attached hydrogens (tertiary/aromatic N) is 1. The largest absolute Gasteiger partial charge is 0.496 e. The molecule has 0 spiro atoms. The van der Waals surface area contributed by atoms with Crippen molar-refractivity contribution in [3.63, 3.8) is 0 Å². The summed E-state index contributed by atoms with van der Waals surface area (Å²) in [5, 5.41) is 10.7. The summed E-state index contributed by atoms with van der Waals surface area (Å²) < 4.78 is 5.15. The zero-order valence-electron chi connectivity index (χ0n) is 9.48. The smallest absolute Gasteiger partial charge is 0.270 e. The van der Waals surface area contributed by atoms with Crippen molar-refractivity contribution in [1.82, 2.24) is 0 Å². The average molecular weight is 219 g/mol. The number of methoxy groups -OCH3 is 1. The number of non-ortho nitro benzene ring substituents is 1. The van der Waals surface area contributed by atoms with E-state index in [2.05, 4.69) is 5.92 Å². The highest BCUT2D eigenvalue weighted by molar-refractivity contribution is 5.50. The molecular weight excluding hydrogens is 206 g/mol. The zero-order chi connectivity index (χ0) is 12.3. The lowest BCUT2D eigenvalue weighted by Gasteiger charge is -2.20. The van der Waals surface area contributed by atoms with Crippen molar-refractivity contribution in [1.29, 1.82) is 0 Å². The summed E-state index contributed by atoms with van der Waals surface area (Å²) >= 11 is 0. The Balaban J connectivity index is 3.40. The van der Waals surface area contributed by atoms with Crippen molar-refractivity contribution >= 4 is 5.69 Å². The average Bonchev–Trinajstić information content (AvgIpc) is 2.28. The monoisotopic (exact) mass is 219 g/mol. The number of ether oxygens (including phenoxy) is 1. The van der Waals surface area contributed by atoms with Crippen LogP contribution in [0.2, 0.25) is 0 Å². The molecule has 0 amide bonds. The molecule has 0 aromatic heterocycles. The van der Waals surface area contributed by atoms with Crippen LogP contribution in [0.1, 0.15) is 19.4 Å². The first-order valence-corrected chi connectivity index (χ1v) is 4.73. The van der Waals surface area contributed by atoms with Crippen molar-refractivity contribution in [2.24, 2.45) is 0 Å². The highest BCUT2D eigenvalue weighted by atomic mass is 16.6. The first-order valence-electron chi connectivity index (χ1n) is 4.73. The fraction of sp³-hybridized carbons (Fsp3) is 0.333. The van der Waals surface area contributed by atoms with Gasteiger partial charge in [0, 0.05) is 17.7 Å². The number of nitro benzene ring substituents is 1. The molecule has 84 valence electrons. The molecule has 0 N–H and O–H groups in total. The molecule has 0 radical (unpaired) electrons. The van der Waals surface area contributed by atoms with E-state index in [1.165, 1.54) is 19.2 Å². The molecule has 0 fully saturated rings. The lowest BCUT2D eigenvalue weighted by molar-refractivity contribution is -0.385. The molecular formula is C12H13NO3. The topological polar surface area (TPSA) is 52.4 Å². The number of nitro groups is 1. The van der Waals surface area contributed by atoms with Gasteiger partial charge in [0.2, 0.25) is 0 Å². The van der Waals surface area contributed by atoms with Crippen LogP contribution in [0.15, 0.2) is 18.2 Å². The Morgan fingerprint density at radius 1 is 1.50 bits per heavy atom. The van der Waals surface area contributed by atoms with Crippen molar-refractivity contribution in [2.75, 3.05) is 7.11 Å². The maximum atomic E-state index is 10.7. The zero-order valence-corrected chi connectivity index (χ0v) is 9.48. The second-order valence-electron chi connectivity index (χ2n) is 3.91. The molecule has 1 aromatic carbocycles. The third-order valence-electron chi connectivity index (χ3n) is 2.43. The van der Waals surface area contributed by atoms with E-state index in [0.29, 0.717) is 11.3 Å². The molecule has 4 nitrogen and oxygen atoms in total. The van der Waals surface area contributed by atoms with Gasteiger partial charge in [0.1, 0.15) is 5.75 Å². The Morgan fingerprint density at radius 2 is 2.12 bits per heavy atom. The van der Waals surface area contributed by atoms with Crippen LogP contribution in [0.5, 0.6) is 5.75 Å². The van der Waals surface area contributed by atoms with Crippen LogP contribution in [0.25, 0.3) is 0 Å². The standard InChI is InChI=1S/C12H13NO3/c1-5-12(2,3)10-8-9(13(14)15)6-7-11(10)16-4/h1,6-8H,2-4H3. The van der Waals surface area contributed by atoms with Gasteiger partial charge < -0.3 is 4.74 Å². The van der Waals surface area contributed by atoms with E-state index in [1.54, 1.807) is 6.07 Å². The summed E-state index contributed by atoms with van der Waals surface area (Å²) in [6.07, 6.45) is 5.41. The molecule has 0 heterocycles. The van der Waals surface area contributed by atoms with Gasteiger partial charge in [-0.05, 0) is 19.9 Å². The highest BCUT2D eigenvalue weighted by Gasteiger charge is 2.24. The predicted octanol–water partition coefficient (Wildman–Crippen LogP) is 2.51. The Hall–Kier alpha value is -2.02. The van der Waals surface area contributed by atoms with Gasteiger partial charge in [-0.15, -0.1) is 6.42 Å². The summed E-state index contributed by atoms with van der Waals surface area (Å²) in [5.41, 5.74) is 0.0583. The number of hydrogen-bond acceptors (Lipinski definition) is 3. The first-order chi connectivity index (χ1) is 7.42. The van der Waals surface area contributed by atoms with Gasteiger partial charge in [-0.2, -0.15) is 0 Å². The molecule has 0 aliphatic carbocycles. The molecule has 1 rings (SSSR count). The Kier molecular flexibility index (Phi) is 3.19. The maximum Gasteiger partial charge on any atom is 0.270 e. The third kappa shape index (κ3) is 2.14. The van der Waals surface area contributed by atoms with E-state index in [0.717, 1.165) is 0 Å². The summed E-state index contributed by atoms with van der Waals surface area (Å²) in [5.74, 6) is 3.16. The minimum absolute atomic E-state index is 0.0131. The summed E-state index contributed by atoms with van der Waals surface area (Å²) in [7, 11) is 1.51. The van der Waals surface area contributed by atoms with Crippen molar-refractivity contribution < 1.29 is 9.66 Å². The van der Waals surface area contributed by atoms with E-state index in [-0.39, 0.29) is 5.69 Å². The van der Waals surface area contributed by atoms with Gasteiger partial charge in [-0.1, -0.05) is 5.92 Å². The molecule has 4 heteroatoms. The maximum absolute atomic E-state index is 10.7. The fourth-order valence-electron chi connectivity index (χ4n) is 1.38. The quantitative estimate of drug-likeness (QED) is 0.446. The van der Waals surface area contributed by atoms with Crippen LogP contribution in [0.4, 0.5) is 5.69 Å². The Bertz CT molecular complexity index is 458. The van der Waals surface area contributed by atoms with Crippen molar-refractivity contribution in [2.45, 2.75) is 19.3 Å². The van der Waals surface area contributed by atoms with E-state index >= 15 is 0 Å². The second kappa shape index (κ2) is 4.23. The molecule has 0 aliphatic rings. The van der Waals surface area contributed by atoms with Gasteiger partial charge in [0.25, 0.3) is 5.69 Å². The van der Waals surface area contributed by atoms with E-state index in [1.807, 2.05) is 13.8 Å². The van der Waals surface area contributed by atoms with Crippen LogP contribution in [-0.4, -0.2) is 12.0 Å². The molecule has 16 heavy (non-hydrogen) atoms. The fourth-order valence-corrected chi connectivity index (χ4v) is 1.38. The lowest BCUT2D eigenvalue weighted by atomic mass is 9.85. The van der Waals surface area contributed by atoms with E-state index in [4.69, 9.17) is 11.2 Å². The van der Waals surface area contributed by atoms with Crippen LogP contribution in [0.3, 0.4) is 0 Å². The van der Waals surface area contributed by atoms with Gasteiger partial charge in [-0.3, -0.25) is 10.1 Å². The van der Waals surface area contributed by atoms with Gasteiger partial charge in [-0.25, -0.2) is 0 Å². The highest BCUT2D eigenvalue weighted by Crippen LogP contribution is 2.33. The molecule has 0 aliphatic heterocycles. The number of benzene rings is 1. The lowest BCUT2D eigenvalue weighted by Crippen LogP contribution is -2.15. The minimum Gasteiger partial charge on any atom is -0.496 e. The first kappa shape index (κ1) is 12.1. The summed E-state index contributed by atoms with van der Waals surface area (Å²) in [4.78, 5) is 10.2. The molecule has 0 atom stereocenters. The number of terminal acetylenes is 1. The van der Waals surface area contributed by atoms with Crippen molar-refractivity contribution in [3.8, 4) is 18.1 Å². The summed E-state index contributed by atoms with van der Waals surface area (Å²) in [6.45, 7) is 3.63. The molecule has 0 unspecified atom stereocenters. The third-order valence-corrected chi connectivity index (χ3v) is 2.43. The van der Waals surface area contributed by atoms with Crippen LogP contribution in [0, 0.1) is 22.5 Å². The van der Waals surface area contributed by atoms with E-state index in [9.17, 15) is 10.1 Å². The Labute approximate surface area is 94.4 Å². The minimum atomic E-state index is -0.600. The van der Waals surface area contributed by atoms with Gasteiger partial charge >= 0.3 is 0 Å². The second-order valence-corrected chi connectivity index (χ2v) is 3.91. The summed E-state index contributed by atoms with van der Waals surface area (Å²) in [6, 6.07) is 4.42. The molecule has 0 saturated heterocycles. The molecule has 0 bridgehead atoms. The van der Waals surface area contributed by atoms with Crippen LogP contribution >= 0.6 is 0 Å². The number of hydrogen-bond donors (Lipinski definition) is 0. The molecule has 0 saturated carbocycles. The SMILES string of the molecule is C#CC(C)(C)c1cc([N+](=O)[O-])ccc1OC. The normalized spacial score (nSPS) is 10.6. The van der Waals surface area contributed by atoms with Gasteiger partial charge in [0.15, 0.2) is 0 Å². The predicted molar refractivity (Wildman–Crippen MR) is 61.5 cm³/mol. The van der Waals surface area contributed by atoms with Gasteiger partial charge in [0.05, 0.1) is 17.4 Å². The Morgan fingerprint density at radius 3 is 2.56 bits per heavy atom. The van der Waals surface area contributed by atoms with Crippen molar-refractivity contribution in [3.05, 3.63) is 33.9 Å².